The lowest BCUT2D eigenvalue weighted by Gasteiger charge is -2.11. The van der Waals surface area contributed by atoms with Crippen LogP contribution in [-0.4, -0.2) is 22.1 Å². The van der Waals surface area contributed by atoms with Crippen molar-refractivity contribution in [3.05, 3.63) is 35.9 Å². The molecule has 0 spiro atoms. The molecular formula is C14H16N2O3S. The summed E-state index contributed by atoms with van der Waals surface area (Å²) in [6.07, 6.45) is 2.53. The number of thiocarbonyl (C=S) groups is 1. The number of carboxylic acid groups (broad SMARTS) is 1. The number of carboxylic acids is 1. The maximum atomic E-state index is 11.5. The highest BCUT2D eigenvalue weighted by Gasteiger charge is 2.08. The molecule has 0 fully saturated rings. The SMILES string of the molecule is CC(C)C(=O)NC(=S)Nc1cccc(/C=C/C(=O)O)c1. The fraction of sp³-hybridized carbons (Fsp3) is 0.214. The number of hydrogen-bond acceptors (Lipinski definition) is 3. The number of carbonyl (C=O) groups excluding carboxylic acids is 1. The molecule has 3 N–H and O–H groups in total. The number of benzene rings is 1. The van der Waals surface area contributed by atoms with Crippen LogP contribution in [0.4, 0.5) is 5.69 Å². The second kappa shape index (κ2) is 7.40. The summed E-state index contributed by atoms with van der Waals surface area (Å²) in [5.41, 5.74) is 1.39. The van der Waals surface area contributed by atoms with Gasteiger partial charge in [-0.25, -0.2) is 4.79 Å². The van der Waals surface area contributed by atoms with E-state index in [0.29, 0.717) is 5.69 Å². The van der Waals surface area contributed by atoms with Crippen molar-refractivity contribution >= 4 is 41.0 Å². The highest BCUT2D eigenvalue weighted by molar-refractivity contribution is 7.80. The molecule has 1 aromatic carbocycles. The topological polar surface area (TPSA) is 78.4 Å². The Morgan fingerprint density at radius 2 is 2.05 bits per heavy atom. The van der Waals surface area contributed by atoms with Gasteiger partial charge in [-0.2, -0.15) is 0 Å². The van der Waals surface area contributed by atoms with E-state index in [0.717, 1.165) is 11.6 Å². The molecule has 0 atom stereocenters. The first-order valence-electron chi connectivity index (χ1n) is 6.01. The second-order valence-electron chi connectivity index (χ2n) is 4.40. The average Bonchev–Trinajstić information content (AvgIpc) is 2.36. The standard InChI is InChI=1S/C14H16N2O3S/c1-9(2)13(19)16-14(20)15-11-5-3-4-10(8-11)6-7-12(17)18/h3-9H,1-2H3,(H,17,18)(H2,15,16,19,20)/b7-6+. The lowest BCUT2D eigenvalue weighted by atomic mass is 10.2. The Kier molecular flexibility index (Phi) is 5.86. The van der Waals surface area contributed by atoms with E-state index in [2.05, 4.69) is 10.6 Å². The minimum Gasteiger partial charge on any atom is -0.478 e. The van der Waals surface area contributed by atoms with E-state index in [-0.39, 0.29) is 16.9 Å². The maximum absolute atomic E-state index is 11.5. The van der Waals surface area contributed by atoms with Crippen LogP contribution in [0.5, 0.6) is 0 Å². The first-order valence-corrected chi connectivity index (χ1v) is 6.42. The minimum absolute atomic E-state index is 0.153. The molecule has 0 unspecified atom stereocenters. The molecule has 1 amide bonds. The number of anilines is 1. The van der Waals surface area contributed by atoms with Crippen LogP contribution < -0.4 is 10.6 Å². The van der Waals surface area contributed by atoms with Crippen LogP contribution in [0.2, 0.25) is 0 Å². The zero-order chi connectivity index (χ0) is 15.1. The van der Waals surface area contributed by atoms with Gasteiger partial charge in [0.15, 0.2) is 5.11 Å². The van der Waals surface area contributed by atoms with Gasteiger partial charge in [-0.15, -0.1) is 0 Å². The largest absolute Gasteiger partial charge is 0.478 e. The Balaban J connectivity index is 2.69. The number of rotatable bonds is 4. The molecule has 0 bridgehead atoms. The summed E-state index contributed by atoms with van der Waals surface area (Å²) in [6, 6.07) is 7.02. The van der Waals surface area contributed by atoms with Crippen molar-refractivity contribution in [2.45, 2.75) is 13.8 Å². The Bertz CT molecular complexity index is 553. The first-order chi connectivity index (χ1) is 9.38. The van der Waals surface area contributed by atoms with E-state index < -0.39 is 5.97 Å². The van der Waals surface area contributed by atoms with E-state index in [9.17, 15) is 9.59 Å². The molecule has 20 heavy (non-hydrogen) atoms. The van der Waals surface area contributed by atoms with Crippen molar-refractivity contribution in [1.29, 1.82) is 0 Å². The lowest BCUT2D eigenvalue weighted by Crippen LogP contribution is -2.36. The lowest BCUT2D eigenvalue weighted by molar-refractivity contribution is -0.131. The second-order valence-corrected chi connectivity index (χ2v) is 4.80. The third-order valence-electron chi connectivity index (χ3n) is 2.32. The first kappa shape index (κ1) is 15.8. The quantitative estimate of drug-likeness (QED) is 0.586. The Morgan fingerprint density at radius 1 is 1.35 bits per heavy atom. The summed E-state index contributed by atoms with van der Waals surface area (Å²) in [4.78, 5) is 21.9. The number of nitrogens with one attached hydrogen (secondary N) is 2. The molecule has 1 rings (SSSR count). The van der Waals surface area contributed by atoms with Gasteiger partial charge in [-0.3, -0.25) is 4.79 Å². The predicted molar refractivity (Wildman–Crippen MR) is 82.3 cm³/mol. The fourth-order valence-electron chi connectivity index (χ4n) is 1.31. The van der Waals surface area contributed by atoms with Gasteiger partial charge in [0.05, 0.1) is 0 Å². The fourth-order valence-corrected chi connectivity index (χ4v) is 1.52. The van der Waals surface area contributed by atoms with Gasteiger partial charge < -0.3 is 15.7 Å². The highest BCUT2D eigenvalue weighted by Crippen LogP contribution is 2.12. The van der Waals surface area contributed by atoms with Gasteiger partial charge >= 0.3 is 5.97 Å². The van der Waals surface area contributed by atoms with Gasteiger partial charge in [0, 0.05) is 17.7 Å². The number of amides is 1. The van der Waals surface area contributed by atoms with Crippen molar-refractivity contribution in [1.82, 2.24) is 5.32 Å². The zero-order valence-electron chi connectivity index (χ0n) is 11.2. The monoisotopic (exact) mass is 292 g/mol. The summed E-state index contributed by atoms with van der Waals surface area (Å²) >= 11 is 5.03. The third kappa shape index (κ3) is 5.62. The molecular weight excluding hydrogens is 276 g/mol. The van der Waals surface area contributed by atoms with Crippen molar-refractivity contribution in [3.8, 4) is 0 Å². The van der Waals surface area contributed by atoms with E-state index in [1.807, 2.05) is 0 Å². The van der Waals surface area contributed by atoms with E-state index >= 15 is 0 Å². The van der Waals surface area contributed by atoms with Gasteiger partial charge in [-0.1, -0.05) is 26.0 Å². The molecule has 0 aliphatic heterocycles. The molecule has 0 saturated carbocycles. The minimum atomic E-state index is -1.01. The van der Waals surface area contributed by atoms with Crippen molar-refractivity contribution < 1.29 is 14.7 Å². The molecule has 0 radical (unpaired) electrons. The van der Waals surface area contributed by atoms with E-state index in [1.165, 1.54) is 6.08 Å². The summed E-state index contributed by atoms with van der Waals surface area (Å²) in [6.45, 7) is 3.55. The Hall–Kier alpha value is -2.21. The Morgan fingerprint density at radius 3 is 2.65 bits per heavy atom. The van der Waals surface area contributed by atoms with Crippen LogP contribution in [0.1, 0.15) is 19.4 Å². The summed E-state index contributed by atoms with van der Waals surface area (Å²) in [5, 5.41) is 14.2. The van der Waals surface area contributed by atoms with Gasteiger partial charge in [0.1, 0.15) is 0 Å². The van der Waals surface area contributed by atoms with E-state index in [1.54, 1.807) is 38.1 Å². The molecule has 6 heteroatoms. The zero-order valence-corrected chi connectivity index (χ0v) is 12.0. The predicted octanol–water partition coefficient (Wildman–Crippen LogP) is 2.25. The normalized spacial score (nSPS) is 10.6. The molecule has 0 aliphatic carbocycles. The van der Waals surface area contributed by atoms with Crippen LogP contribution in [0.3, 0.4) is 0 Å². The van der Waals surface area contributed by atoms with Crippen LogP contribution >= 0.6 is 12.2 Å². The number of hydrogen-bond donors (Lipinski definition) is 3. The summed E-state index contributed by atoms with van der Waals surface area (Å²) in [5.74, 6) is -1.33. The molecule has 106 valence electrons. The molecule has 0 aliphatic rings. The van der Waals surface area contributed by atoms with Crippen LogP contribution in [0.25, 0.3) is 6.08 Å². The van der Waals surface area contributed by atoms with Crippen LogP contribution in [0, 0.1) is 5.92 Å². The van der Waals surface area contributed by atoms with Crippen LogP contribution in [0.15, 0.2) is 30.3 Å². The molecule has 0 aromatic heterocycles. The number of carbonyl (C=O) groups is 2. The van der Waals surface area contributed by atoms with Crippen molar-refractivity contribution in [2.75, 3.05) is 5.32 Å². The van der Waals surface area contributed by atoms with Gasteiger partial charge in [0.25, 0.3) is 0 Å². The Labute approximate surface area is 122 Å². The van der Waals surface area contributed by atoms with Crippen LogP contribution in [-0.2, 0) is 9.59 Å². The smallest absolute Gasteiger partial charge is 0.328 e. The molecule has 5 nitrogen and oxygen atoms in total. The van der Waals surface area contributed by atoms with E-state index in [4.69, 9.17) is 17.3 Å². The molecule has 0 saturated heterocycles. The molecule has 1 aromatic rings. The van der Waals surface area contributed by atoms with Crippen molar-refractivity contribution in [3.63, 3.8) is 0 Å². The molecule has 0 heterocycles. The third-order valence-corrected chi connectivity index (χ3v) is 2.53. The van der Waals surface area contributed by atoms with Crippen molar-refractivity contribution in [2.24, 2.45) is 5.92 Å². The average molecular weight is 292 g/mol. The van der Waals surface area contributed by atoms with Gasteiger partial charge in [-0.05, 0) is 36.0 Å². The maximum Gasteiger partial charge on any atom is 0.328 e. The highest BCUT2D eigenvalue weighted by atomic mass is 32.1. The summed E-state index contributed by atoms with van der Waals surface area (Å²) < 4.78 is 0. The van der Waals surface area contributed by atoms with Gasteiger partial charge in [0.2, 0.25) is 5.91 Å². The number of aliphatic carboxylic acids is 1. The summed E-state index contributed by atoms with van der Waals surface area (Å²) in [7, 11) is 0.